The molecule has 3 N–H and O–H groups in total. The number of aliphatic hydroxyl groups excluding tert-OH is 1. The molecule has 0 aromatic heterocycles. The van der Waals surface area contributed by atoms with Crippen LogP contribution in [-0.4, -0.2) is 30.3 Å². The van der Waals surface area contributed by atoms with E-state index < -0.39 is 0 Å². The Kier molecular flexibility index (Phi) is 7.01. The quantitative estimate of drug-likeness (QED) is 0.706. The van der Waals surface area contributed by atoms with Crippen molar-refractivity contribution in [3.8, 4) is 0 Å². The van der Waals surface area contributed by atoms with Gasteiger partial charge in [-0.1, -0.05) is 32.1 Å². The highest BCUT2D eigenvalue weighted by Gasteiger charge is 2.13. The van der Waals surface area contributed by atoms with Crippen LogP contribution >= 0.6 is 0 Å². The number of rotatable bonds is 4. The van der Waals surface area contributed by atoms with Crippen LogP contribution in [0.15, 0.2) is 0 Å². The summed E-state index contributed by atoms with van der Waals surface area (Å²) in [5.41, 5.74) is 0. The van der Waals surface area contributed by atoms with Gasteiger partial charge in [0.05, 0.1) is 12.6 Å². The molecule has 4 heteroatoms. The van der Waals surface area contributed by atoms with Gasteiger partial charge in [0.2, 0.25) is 0 Å². The fourth-order valence-electron chi connectivity index (χ4n) is 2.30. The molecule has 17 heavy (non-hydrogen) atoms. The maximum absolute atomic E-state index is 11.5. The lowest BCUT2D eigenvalue weighted by atomic mass is 9.91. The van der Waals surface area contributed by atoms with Crippen molar-refractivity contribution in [3.63, 3.8) is 0 Å². The Hall–Kier alpha value is -0.770. The minimum Gasteiger partial charge on any atom is -0.394 e. The molecule has 0 heterocycles. The third-order valence-electron chi connectivity index (χ3n) is 3.43. The predicted molar refractivity (Wildman–Crippen MR) is 68.9 cm³/mol. The number of carbonyl (C=O) groups excluding carboxylic acids is 1. The Labute approximate surface area is 104 Å². The minimum absolute atomic E-state index is 0.0170. The summed E-state index contributed by atoms with van der Waals surface area (Å²) in [7, 11) is 0. The Morgan fingerprint density at radius 3 is 2.41 bits per heavy atom. The van der Waals surface area contributed by atoms with Crippen LogP contribution in [0.2, 0.25) is 0 Å². The van der Waals surface area contributed by atoms with Crippen LogP contribution in [0.5, 0.6) is 0 Å². The monoisotopic (exact) mass is 242 g/mol. The van der Waals surface area contributed by atoms with Gasteiger partial charge in [0.25, 0.3) is 0 Å². The van der Waals surface area contributed by atoms with Gasteiger partial charge < -0.3 is 15.7 Å². The van der Waals surface area contributed by atoms with Gasteiger partial charge in [-0.25, -0.2) is 4.79 Å². The molecular weight excluding hydrogens is 216 g/mol. The molecule has 0 saturated heterocycles. The van der Waals surface area contributed by atoms with E-state index in [0.717, 1.165) is 6.54 Å². The molecule has 2 amide bonds. The molecule has 100 valence electrons. The first-order valence-corrected chi connectivity index (χ1v) is 6.87. The van der Waals surface area contributed by atoms with Crippen molar-refractivity contribution in [1.29, 1.82) is 0 Å². The number of hydrogen-bond donors (Lipinski definition) is 3. The van der Waals surface area contributed by atoms with Gasteiger partial charge in [-0.2, -0.15) is 0 Å². The van der Waals surface area contributed by atoms with E-state index in [4.69, 9.17) is 5.11 Å². The lowest BCUT2D eigenvalue weighted by molar-refractivity contribution is 0.218. The van der Waals surface area contributed by atoms with E-state index in [9.17, 15) is 4.79 Å². The highest BCUT2D eigenvalue weighted by Crippen LogP contribution is 2.21. The van der Waals surface area contributed by atoms with Gasteiger partial charge in [0.15, 0.2) is 0 Å². The van der Waals surface area contributed by atoms with Gasteiger partial charge in [0, 0.05) is 6.54 Å². The fraction of sp³-hybridized carbons (Fsp3) is 0.923. The van der Waals surface area contributed by atoms with Crippen LogP contribution in [-0.2, 0) is 0 Å². The van der Waals surface area contributed by atoms with Crippen molar-refractivity contribution < 1.29 is 9.90 Å². The van der Waals surface area contributed by atoms with E-state index in [2.05, 4.69) is 10.6 Å². The molecule has 1 aliphatic carbocycles. The summed E-state index contributed by atoms with van der Waals surface area (Å²) < 4.78 is 0. The molecule has 0 radical (unpaired) electrons. The molecule has 4 nitrogen and oxygen atoms in total. The largest absolute Gasteiger partial charge is 0.394 e. The molecule has 1 saturated carbocycles. The van der Waals surface area contributed by atoms with Gasteiger partial charge in [-0.15, -0.1) is 0 Å². The average molecular weight is 242 g/mol. The molecule has 0 spiro atoms. The first kappa shape index (κ1) is 14.3. The first-order chi connectivity index (χ1) is 8.22. The van der Waals surface area contributed by atoms with Crippen LogP contribution in [0.3, 0.4) is 0 Å². The normalized spacial score (nSPS) is 20.1. The van der Waals surface area contributed by atoms with E-state index >= 15 is 0 Å². The zero-order chi connectivity index (χ0) is 12.5. The van der Waals surface area contributed by atoms with Crippen molar-refractivity contribution in [1.82, 2.24) is 10.6 Å². The topological polar surface area (TPSA) is 61.4 Å². The highest BCUT2D eigenvalue weighted by molar-refractivity contribution is 5.74. The van der Waals surface area contributed by atoms with E-state index in [1.807, 2.05) is 0 Å². The maximum atomic E-state index is 11.5. The molecule has 1 rings (SSSR count). The smallest absolute Gasteiger partial charge is 0.315 e. The zero-order valence-corrected chi connectivity index (χ0v) is 10.9. The van der Waals surface area contributed by atoms with E-state index in [1.165, 1.54) is 44.9 Å². The standard InChI is InChI=1S/C13H26N2O2/c1-11(10-16)15-13(17)14-9-12-7-5-3-2-4-6-8-12/h11-12,16H,2-10H2,1H3,(H2,14,15,17). The first-order valence-electron chi connectivity index (χ1n) is 6.87. The Morgan fingerprint density at radius 2 is 1.82 bits per heavy atom. The van der Waals surface area contributed by atoms with E-state index in [0.29, 0.717) is 5.92 Å². The third-order valence-corrected chi connectivity index (χ3v) is 3.43. The number of hydrogen-bond acceptors (Lipinski definition) is 2. The number of amides is 2. The third kappa shape index (κ3) is 6.51. The molecule has 0 bridgehead atoms. The molecule has 0 aromatic rings. The minimum atomic E-state index is -0.174. The molecule has 0 aromatic carbocycles. The Balaban J connectivity index is 2.16. The van der Waals surface area contributed by atoms with Crippen LogP contribution in [0.1, 0.15) is 51.9 Å². The summed E-state index contributed by atoms with van der Waals surface area (Å²) in [6.45, 7) is 2.54. The predicted octanol–water partition coefficient (Wildman–Crippen LogP) is 2.03. The number of aliphatic hydroxyl groups is 1. The van der Waals surface area contributed by atoms with Gasteiger partial charge in [0.1, 0.15) is 0 Å². The Morgan fingerprint density at radius 1 is 1.24 bits per heavy atom. The van der Waals surface area contributed by atoms with Crippen LogP contribution in [0, 0.1) is 5.92 Å². The maximum Gasteiger partial charge on any atom is 0.315 e. The lowest BCUT2D eigenvalue weighted by Crippen LogP contribution is -2.43. The summed E-state index contributed by atoms with van der Waals surface area (Å²) in [6, 6.07) is -0.332. The molecular formula is C13H26N2O2. The number of nitrogens with one attached hydrogen (secondary N) is 2. The van der Waals surface area contributed by atoms with Crippen molar-refractivity contribution in [2.45, 2.75) is 57.9 Å². The highest BCUT2D eigenvalue weighted by atomic mass is 16.3. The second-order valence-corrected chi connectivity index (χ2v) is 5.15. The van der Waals surface area contributed by atoms with Gasteiger partial charge in [-0.3, -0.25) is 0 Å². The second-order valence-electron chi connectivity index (χ2n) is 5.15. The number of urea groups is 1. The fourth-order valence-corrected chi connectivity index (χ4v) is 2.30. The molecule has 1 atom stereocenters. The summed E-state index contributed by atoms with van der Waals surface area (Å²) in [6.07, 6.45) is 9.09. The number of carbonyl (C=O) groups is 1. The van der Waals surface area contributed by atoms with Crippen LogP contribution in [0.25, 0.3) is 0 Å². The van der Waals surface area contributed by atoms with Gasteiger partial charge in [-0.05, 0) is 25.7 Å². The second kappa shape index (κ2) is 8.34. The van der Waals surface area contributed by atoms with E-state index in [-0.39, 0.29) is 18.7 Å². The Bertz CT molecular complexity index is 213. The molecule has 1 aliphatic rings. The summed E-state index contributed by atoms with van der Waals surface area (Å²) in [5, 5.41) is 14.4. The molecule has 1 unspecified atom stereocenters. The average Bonchev–Trinajstić information content (AvgIpc) is 2.27. The molecule has 1 fully saturated rings. The van der Waals surface area contributed by atoms with Gasteiger partial charge >= 0.3 is 6.03 Å². The molecule has 0 aliphatic heterocycles. The summed E-state index contributed by atoms with van der Waals surface area (Å²) >= 11 is 0. The van der Waals surface area contributed by atoms with Crippen molar-refractivity contribution in [3.05, 3.63) is 0 Å². The van der Waals surface area contributed by atoms with Crippen molar-refractivity contribution in [2.75, 3.05) is 13.2 Å². The summed E-state index contributed by atoms with van der Waals surface area (Å²) in [4.78, 5) is 11.5. The zero-order valence-electron chi connectivity index (χ0n) is 10.9. The van der Waals surface area contributed by atoms with Crippen molar-refractivity contribution >= 4 is 6.03 Å². The lowest BCUT2D eigenvalue weighted by Gasteiger charge is -2.20. The summed E-state index contributed by atoms with van der Waals surface area (Å²) in [5.74, 6) is 0.630. The van der Waals surface area contributed by atoms with Crippen LogP contribution < -0.4 is 10.6 Å². The SMILES string of the molecule is CC(CO)NC(=O)NCC1CCCCCCC1. The van der Waals surface area contributed by atoms with Crippen molar-refractivity contribution in [2.24, 2.45) is 5.92 Å². The van der Waals surface area contributed by atoms with E-state index in [1.54, 1.807) is 6.92 Å². The van der Waals surface area contributed by atoms with Crippen LogP contribution in [0.4, 0.5) is 4.79 Å².